The largest absolute Gasteiger partial charge is 0.478 e. The maximum absolute atomic E-state index is 13.0. The lowest BCUT2D eigenvalue weighted by atomic mass is 9.99. The van der Waals surface area contributed by atoms with Crippen molar-refractivity contribution < 1.29 is 34.3 Å². The van der Waals surface area contributed by atoms with E-state index in [1.54, 1.807) is 18.2 Å². The van der Waals surface area contributed by atoms with Crippen LogP contribution in [0.4, 0.5) is 0 Å². The molecule has 0 heterocycles. The molecule has 0 radical (unpaired) electrons. The minimum Gasteiger partial charge on any atom is -0.478 e. The van der Waals surface area contributed by atoms with Crippen molar-refractivity contribution in [2.24, 2.45) is 0 Å². The number of rotatable bonds is 13. The molecule has 0 fully saturated rings. The minimum atomic E-state index is -1.19. The number of carbonyl (C=O) groups excluding carboxylic acids is 1. The Morgan fingerprint density at radius 3 is 1.69 bits per heavy atom. The van der Waals surface area contributed by atoms with E-state index in [0.29, 0.717) is 23.7 Å². The molecule has 0 amide bonds. The summed E-state index contributed by atoms with van der Waals surface area (Å²) < 4.78 is 11.7. The number of ether oxygens (including phenoxy) is 2. The van der Waals surface area contributed by atoms with Crippen molar-refractivity contribution in [3.05, 3.63) is 185 Å². The lowest BCUT2D eigenvalue weighted by Gasteiger charge is -2.13. The lowest BCUT2D eigenvalue weighted by Crippen LogP contribution is -2.14. The van der Waals surface area contributed by atoms with Crippen LogP contribution >= 0.6 is 11.8 Å². The van der Waals surface area contributed by atoms with E-state index in [0.717, 1.165) is 38.5 Å². The van der Waals surface area contributed by atoms with Crippen molar-refractivity contribution >= 4 is 23.7 Å². The van der Waals surface area contributed by atoms with E-state index in [1.807, 2.05) is 103 Å². The summed E-state index contributed by atoms with van der Waals surface area (Å²) in [5.41, 5.74) is 4.72. The summed E-state index contributed by atoms with van der Waals surface area (Å²) in [6, 6.07) is 45.1. The highest BCUT2D eigenvalue weighted by Crippen LogP contribution is 2.33. The molecule has 6 aromatic carbocycles. The fourth-order valence-corrected chi connectivity index (χ4v) is 6.14. The van der Waals surface area contributed by atoms with Crippen molar-refractivity contribution in [2.75, 3.05) is 0 Å². The molecule has 0 unspecified atom stereocenters. The molecular formula is C41H32O7S. The summed E-state index contributed by atoms with van der Waals surface area (Å²) in [5.74, 6) is -0.397. The number of hydrogen-bond donors (Lipinski definition) is 2. The number of esters is 1. The molecule has 0 aliphatic heterocycles. The zero-order valence-corrected chi connectivity index (χ0v) is 27.1. The number of carboxylic acids is 1. The van der Waals surface area contributed by atoms with Crippen molar-refractivity contribution in [1.82, 2.24) is 0 Å². The Balaban J connectivity index is 1.06. The molecular weight excluding hydrogens is 637 g/mol. The van der Waals surface area contributed by atoms with E-state index in [2.05, 4.69) is 17.0 Å². The molecule has 0 aromatic heterocycles. The first-order valence-corrected chi connectivity index (χ1v) is 16.4. The molecule has 244 valence electrons. The van der Waals surface area contributed by atoms with Gasteiger partial charge in [-0.25, -0.2) is 14.5 Å². The second-order valence-corrected chi connectivity index (χ2v) is 12.4. The van der Waals surface area contributed by atoms with Gasteiger partial charge in [0, 0.05) is 15.4 Å². The van der Waals surface area contributed by atoms with Gasteiger partial charge in [-0.15, -0.1) is 0 Å². The van der Waals surface area contributed by atoms with Crippen molar-refractivity contribution in [3.8, 4) is 17.2 Å². The number of carboxylic acid groups (broad SMARTS) is 1. The molecule has 0 aliphatic carbocycles. The zero-order valence-electron chi connectivity index (χ0n) is 26.3. The maximum Gasteiger partial charge on any atom is 0.344 e. The number of aromatic carboxylic acids is 1. The molecule has 8 heteroatoms. The van der Waals surface area contributed by atoms with Crippen molar-refractivity contribution in [1.29, 1.82) is 0 Å². The summed E-state index contributed by atoms with van der Waals surface area (Å²) in [7, 11) is 0. The zero-order chi connectivity index (χ0) is 34.0. The normalized spacial score (nSPS) is 10.8. The third-order valence-electron chi connectivity index (χ3n) is 7.70. The van der Waals surface area contributed by atoms with Crippen molar-refractivity contribution in [3.63, 3.8) is 0 Å². The van der Waals surface area contributed by atoms with E-state index in [9.17, 15) is 14.7 Å². The molecule has 6 aromatic rings. The lowest BCUT2D eigenvalue weighted by molar-refractivity contribution is -0.253. The third kappa shape index (κ3) is 9.03. The summed E-state index contributed by atoms with van der Waals surface area (Å²) in [6.07, 6.45) is 1.31. The van der Waals surface area contributed by atoms with Crippen LogP contribution in [0.15, 0.2) is 155 Å². The van der Waals surface area contributed by atoms with Crippen LogP contribution in [-0.2, 0) is 24.3 Å². The van der Waals surface area contributed by atoms with E-state index in [1.165, 1.54) is 29.5 Å². The Bertz CT molecular complexity index is 2030. The molecule has 7 nitrogen and oxygen atoms in total. The molecule has 0 saturated carbocycles. The predicted molar refractivity (Wildman–Crippen MR) is 188 cm³/mol. The van der Waals surface area contributed by atoms with Gasteiger partial charge in [0.15, 0.2) is 0 Å². The van der Waals surface area contributed by atoms with Gasteiger partial charge < -0.3 is 14.6 Å². The SMILES string of the molecule is O=C(O)c1cc(Cc2ccccc2)ccc1C(=O)Oc1ccc(Sc2ccc(Oc3ccc(Cc4ccccc4)cc3COO)cc2)cc1. The monoisotopic (exact) mass is 668 g/mol. The maximum atomic E-state index is 13.0. The van der Waals surface area contributed by atoms with Crippen LogP contribution in [0.2, 0.25) is 0 Å². The van der Waals surface area contributed by atoms with Crippen LogP contribution in [0.3, 0.4) is 0 Å². The Morgan fingerprint density at radius 1 is 0.571 bits per heavy atom. The van der Waals surface area contributed by atoms with Gasteiger partial charge in [-0.2, -0.15) is 0 Å². The predicted octanol–water partition coefficient (Wildman–Crippen LogP) is 9.72. The number of hydrogen-bond acceptors (Lipinski definition) is 7. The Hall–Kier alpha value is -5.67. The van der Waals surface area contributed by atoms with Gasteiger partial charge in [0.25, 0.3) is 0 Å². The van der Waals surface area contributed by atoms with Gasteiger partial charge >= 0.3 is 11.9 Å². The first-order valence-electron chi connectivity index (χ1n) is 15.5. The Labute approximate surface area is 288 Å². The molecule has 0 saturated heterocycles. The molecule has 6 rings (SSSR count). The highest BCUT2D eigenvalue weighted by atomic mass is 32.2. The minimum absolute atomic E-state index is 0.00103. The van der Waals surface area contributed by atoms with Crippen LogP contribution in [0.25, 0.3) is 0 Å². The number of benzene rings is 6. The number of carbonyl (C=O) groups is 2. The first kappa shape index (κ1) is 33.2. The average molecular weight is 669 g/mol. The summed E-state index contributed by atoms with van der Waals surface area (Å²) in [4.78, 5) is 31.3. The summed E-state index contributed by atoms with van der Waals surface area (Å²) >= 11 is 1.52. The van der Waals surface area contributed by atoms with Crippen LogP contribution in [-0.4, -0.2) is 22.3 Å². The van der Waals surface area contributed by atoms with Crippen LogP contribution in [0, 0.1) is 0 Å². The van der Waals surface area contributed by atoms with Crippen molar-refractivity contribution in [2.45, 2.75) is 29.2 Å². The molecule has 0 spiro atoms. The van der Waals surface area contributed by atoms with Crippen LogP contribution < -0.4 is 9.47 Å². The first-order chi connectivity index (χ1) is 23.9. The van der Waals surface area contributed by atoms with Gasteiger partial charge in [0.05, 0.1) is 11.1 Å². The molecule has 0 bridgehead atoms. The second kappa shape index (κ2) is 16.0. The average Bonchev–Trinajstić information content (AvgIpc) is 3.12. The third-order valence-corrected chi connectivity index (χ3v) is 8.72. The van der Waals surface area contributed by atoms with E-state index in [-0.39, 0.29) is 17.7 Å². The summed E-state index contributed by atoms with van der Waals surface area (Å²) in [6.45, 7) is -0.00103. The Kier molecular flexibility index (Phi) is 10.8. The second-order valence-electron chi connectivity index (χ2n) is 11.3. The van der Waals surface area contributed by atoms with Gasteiger partial charge in [0.1, 0.15) is 23.9 Å². The molecule has 2 N–H and O–H groups in total. The van der Waals surface area contributed by atoms with Gasteiger partial charge in [-0.3, -0.25) is 5.26 Å². The highest BCUT2D eigenvalue weighted by molar-refractivity contribution is 7.99. The summed E-state index contributed by atoms with van der Waals surface area (Å²) in [5, 5.41) is 19.0. The van der Waals surface area contributed by atoms with E-state index < -0.39 is 11.9 Å². The van der Waals surface area contributed by atoms with Gasteiger partial charge in [0.2, 0.25) is 0 Å². The van der Waals surface area contributed by atoms with E-state index >= 15 is 0 Å². The van der Waals surface area contributed by atoms with Gasteiger partial charge in [-0.05, 0) is 108 Å². The van der Waals surface area contributed by atoms with E-state index in [4.69, 9.17) is 14.7 Å². The quantitative estimate of drug-likeness (QED) is 0.0543. The van der Waals surface area contributed by atoms with Crippen LogP contribution in [0.1, 0.15) is 48.5 Å². The topological polar surface area (TPSA) is 102 Å². The molecule has 0 atom stereocenters. The fourth-order valence-electron chi connectivity index (χ4n) is 5.32. The molecule has 49 heavy (non-hydrogen) atoms. The Morgan fingerprint density at radius 2 is 1.12 bits per heavy atom. The fraction of sp³-hybridized carbons (Fsp3) is 0.0732. The van der Waals surface area contributed by atoms with Gasteiger partial charge in [-0.1, -0.05) is 84.6 Å². The standard InChI is InChI=1S/C41H32O7S/c42-40(43)38-26-31(24-29-9-5-2-6-10-29)11-21-37(38)41(44)48-34-15-19-36(20-16-34)49-35-17-13-33(14-18-35)47-39-22-12-30(25-32(39)27-46-45)23-28-7-3-1-4-8-28/h1-22,25-26,45H,23-24,27H2,(H,42,43). The smallest absolute Gasteiger partial charge is 0.344 e. The van der Waals surface area contributed by atoms with Crippen LogP contribution in [0.5, 0.6) is 17.2 Å². The molecule has 0 aliphatic rings. The highest BCUT2D eigenvalue weighted by Gasteiger charge is 2.19.